The summed E-state index contributed by atoms with van der Waals surface area (Å²) in [5.74, 6) is 1.12. The highest BCUT2D eigenvalue weighted by molar-refractivity contribution is 5.97. The van der Waals surface area contributed by atoms with Crippen LogP contribution in [0.25, 0.3) is 0 Å². The number of piperidine rings is 1. The Morgan fingerprint density at radius 1 is 1.12 bits per heavy atom. The lowest BCUT2D eigenvalue weighted by molar-refractivity contribution is 0.0674. The third kappa shape index (κ3) is 4.60. The molecule has 1 amide bonds. The van der Waals surface area contributed by atoms with Gasteiger partial charge in [0.05, 0.1) is 12.2 Å². The van der Waals surface area contributed by atoms with E-state index in [4.69, 9.17) is 10.5 Å². The number of nitrogens with zero attached hydrogens (tertiary/aromatic N) is 1. The third-order valence-electron chi connectivity index (χ3n) is 4.75. The average molecular weight is 338 g/mol. The number of para-hydroxylation sites is 1. The van der Waals surface area contributed by atoms with Gasteiger partial charge < -0.3 is 15.4 Å². The summed E-state index contributed by atoms with van der Waals surface area (Å²) in [5.41, 5.74) is 7.67. The smallest absolute Gasteiger partial charge is 0.257 e. The van der Waals surface area contributed by atoms with E-state index in [1.54, 1.807) is 0 Å². The Bertz CT molecular complexity index is 687. The second kappa shape index (κ2) is 8.67. The molecule has 1 aliphatic heterocycles. The molecule has 0 spiro atoms. The number of carbonyl (C=O) groups excluding carboxylic acids is 1. The fourth-order valence-corrected chi connectivity index (χ4v) is 3.30. The molecule has 1 heterocycles. The normalized spacial score (nSPS) is 17.3. The van der Waals surface area contributed by atoms with Crippen LogP contribution >= 0.6 is 0 Å². The van der Waals surface area contributed by atoms with Gasteiger partial charge in [0.15, 0.2) is 0 Å². The minimum absolute atomic E-state index is 0.0495. The molecule has 0 aliphatic carbocycles. The Morgan fingerprint density at radius 3 is 2.68 bits per heavy atom. The maximum Gasteiger partial charge on any atom is 0.257 e. The van der Waals surface area contributed by atoms with Crippen molar-refractivity contribution < 1.29 is 9.53 Å². The molecular weight excluding hydrogens is 312 g/mol. The number of ether oxygens (including phenoxy) is 1. The van der Waals surface area contributed by atoms with Gasteiger partial charge in [0, 0.05) is 19.5 Å². The number of hydrogen-bond acceptors (Lipinski definition) is 3. The average Bonchev–Trinajstić information content (AvgIpc) is 2.69. The van der Waals surface area contributed by atoms with Crippen LogP contribution in [0.4, 0.5) is 0 Å². The second-order valence-corrected chi connectivity index (χ2v) is 6.58. The summed E-state index contributed by atoms with van der Waals surface area (Å²) in [4.78, 5) is 14.8. The first kappa shape index (κ1) is 17.5. The van der Waals surface area contributed by atoms with Crippen molar-refractivity contribution >= 4 is 5.91 Å². The van der Waals surface area contributed by atoms with E-state index in [1.807, 2.05) is 47.4 Å². The first-order valence-electron chi connectivity index (χ1n) is 9.03. The second-order valence-electron chi connectivity index (χ2n) is 6.58. The zero-order chi connectivity index (χ0) is 17.5. The Morgan fingerprint density at radius 2 is 1.88 bits per heavy atom. The SMILES string of the molecule is NC[C@H]1CCCN(C(=O)c2ccccc2OCCc2ccccc2)C1. The molecule has 0 bridgehead atoms. The highest BCUT2D eigenvalue weighted by Gasteiger charge is 2.25. The van der Waals surface area contributed by atoms with Crippen LogP contribution in [-0.4, -0.2) is 37.0 Å². The van der Waals surface area contributed by atoms with Gasteiger partial charge >= 0.3 is 0 Å². The third-order valence-corrected chi connectivity index (χ3v) is 4.75. The summed E-state index contributed by atoms with van der Waals surface area (Å²) in [7, 11) is 0. The van der Waals surface area contributed by atoms with Gasteiger partial charge in [0.1, 0.15) is 5.75 Å². The van der Waals surface area contributed by atoms with Gasteiger partial charge in [-0.1, -0.05) is 42.5 Å². The number of likely N-dealkylation sites (tertiary alicyclic amines) is 1. The van der Waals surface area contributed by atoms with E-state index in [1.165, 1.54) is 5.56 Å². The van der Waals surface area contributed by atoms with Gasteiger partial charge in [-0.25, -0.2) is 0 Å². The molecular formula is C21H26N2O2. The fourth-order valence-electron chi connectivity index (χ4n) is 3.30. The van der Waals surface area contributed by atoms with E-state index < -0.39 is 0 Å². The monoisotopic (exact) mass is 338 g/mol. The minimum atomic E-state index is 0.0495. The van der Waals surface area contributed by atoms with Crippen molar-refractivity contribution in [1.82, 2.24) is 4.90 Å². The van der Waals surface area contributed by atoms with E-state index >= 15 is 0 Å². The highest BCUT2D eigenvalue weighted by Crippen LogP contribution is 2.23. The first-order chi connectivity index (χ1) is 12.3. The number of amides is 1. The standard InChI is InChI=1S/C21H26N2O2/c22-15-18-9-6-13-23(16-18)21(24)19-10-4-5-11-20(19)25-14-12-17-7-2-1-3-8-17/h1-5,7-8,10-11,18H,6,9,12-16,22H2/t18-/m1/s1. The molecule has 0 unspecified atom stereocenters. The van der Waals surface area contributed by atoms with Crippen molar-refractivity contribution in [3.8, 4) is 5.75 Å². The maximum atomic E-state index is 12.9. The summed E-state index contributed by atoms with van der Waals surface area (Å²) in [6.07, 6.45) is 2.95. The molecule has 1 aliphatic rings. The lowest BCUT2D eigenvalue weighted by Crippen LogP contribution is -2.42. The number of hydrogen-bond donors (Lipinski definition) is 1. The van der Waals surface area contributed by atoms with E-state index in [0.717, 1.165) is 32.4 Å². The topological polar surface area (TPSA) is 55.6 Å². The summed E-state index contributed by atoms with van der Waals surface area (Å²) < 4.78 is 5.93. The molecule has 0 saturated carbocycles. The molecule has 1 fully saturated rings. The Kier molecular flexibility index (Phi) is 6.07. The molecule has 4 heteroatoms. The van der Waals surface area contributed by atoms with Crippen LogP contribution in [0.3, 0.4) is 0 Å². The molecule has 0 radical (unpaired) electrons. The summed E-state index contributed by atoms with van der Waals surface area (Å²) in [6, 6.07) is 17.8. The molecule has 4 nitrogen and oxygen atoms in total. The summed E-state index contributed by atoms with van der Waals surface area (Å²) in [5, 5.41) is 0. The van der Waals surface area contributed by atoms with E-state index in [0.29, 0.717) is 30.4 Å². The molecule has 0 aromatic heterocycles. The van der Waals surface area contributed by atoms with Crippen molar-refractivity contribution in [3.05, 3.63) is 65.7 Å². The Balaban J connectivity index is 1.64. The molecule has 25 heavy (non-hydrogen) atoms. The highest BCUT2D eigenvalue weighted by atomic mass is 16.5. The Labute approximate surface area is 149 Å². The fraction of sp³-hybridized carbons (Fsp3) is 0.381. The van der Waals surface area contributed by atoms with Gasteiger partial charge in [-0.3, -0.25) is 4.79 Å². The van der Waals surface area contributed by atoms with Crippen LogP contribution in [0.15, 0.2) is 54.6 Å². The van der Waals surface area contributed by atoms with Crippen molar-refractivity contribution in [1.29, 1.82) is 0 Å². The number of carbonyl (C=O) groups is 1. The number of nitrogens with two attached hydrogens (primary N) is 1. The van der Waals surface area contributed by atoms with Gasteiger partial charge in [-0.05, 0) is 43.0 Å². The van der Waals surface area contributed by atoms with Gasteiger partial charge in [0.2, 0.25) is 0 Å². The predicted molar refractivity (Wildman–Crippen MR) is 99.8 cm³/mol. The Hall–Kier alpha value is -2.33. The lowest BCUT2D eigenvalue weighted by atomic mass is 9.97. The van der Waals surface area contributed by atoms with Crippen LogP contribution in [0.2, 0.25) is 0 Å². The van der Waals surface area contributed by atoms with Crippen molar-refractivity contribution in [3.63, 3.8) is 0 Å². The summed E-state index contributed by atoms with van der Waals surface area (Å²) >= 11 is 0. The molecule has 2 N–H and O–H groups in total. The predicted octanol–water partition coefficient (Wildman–Crippen LogP) is 3.12. The van der Waals surface area contributed by atoms with Gasteiger partial charge in [-0.15, -0.1) is 0 Å². The van der Waals surface area contributed by atoms with Crippen LogP contribution in [0, 0.1) is 5.92 Å². The molecule has 2 aromatic carbocycles. The lowest BCUT2D eigenvalue weighted by Gasteiger charge is -2.32. The molecule has 2 aromatic rings. The largest absolute Gasteiger partial charge is 0.492 e. The van der Waals surface area contributed by atoms with Crippen LogP contribution in [-0.2, 0) is 6.42 Å². The van der Waals surface area contributed by atoms with Gasteiger partial charge in [0.25, 0.3) is 5.91 Å². The summed E-state index contributed by atoms with van der Waals surface area (Å²) in [6.45, 7) is 2.74. The zero-order valence-electron chi connectivity index (χ0n) is 14.6. The molecule has 1 atom stereocenters. The van der Waals surface area contributed by atoms with Crippen LogP contribution in [0.1, 0.15) is 28.8 Å². The first-order valence-corrected chi connectivity index (χ1v) is 9.03. The van der Waals surface area contributed by atoms with Crippen LogP contribution < -0.4 is 10.5 Å². The van der Waals surface area contributed by atoms with E-state index in [9.17, 15) is 4.79 Å². The van der Waals surface area contributed by atoms with Crippen molar-refractivity contribution in [2.75, 3.05) is 26.2 Å². The minimum Gasteiger partial charge on any atom is -0.492 e. The quantitative estimate of drug-likeness (QED) is 0.880. The van der Waals surface area contributed by atoms with E-state index in [2.05, 4.69) is 12.1 Å². The number of rotatable bonds is 6. The molecule has 1 saturated heterocycles. The van der Waals surface area contributed by atoms with E-state index in [-0.39, 0.29) is 5.91 Å². The van der Waals surface area contributed by atoms with Crippen molar-refractivity contribution in [2.45, 2.75) is 19.3 Å². The maximum absolute atomic E-state index is 12.9. The number of benzene rings is 2. The molecule has 132 valence electrons. The van der Waals surface area contributed by atoms with Crippen LogP contribution in [0.5, 0.6) is 5.75 Å². The molecule has 3 rings (SSSR count). The van der Waals surface area contributed by atoms with Gasteiger partial charge in [-0.2, -0.15) is 0 Å². The zero-order valence-corrected chi connectivity index (χ0v) is 14.6. The van der Waals surface area contributed by atoms with Crippen molar-refractivity contribution in [2.24, 2.45) is 11.7 Å².